The van der Waals surface area contributed by atoms with Crippen molar-refractivity contribution in [1.29, 1.82) is 0 Å². The molecule has 0 bridgehead atoms. The van der Waals surface area contributed by atoms with E-state index in [-0.39, 0.29) is 41.0 Å². The monoisotopic (exact) mass is 683 g/mol. The number of benzene rings is 2. The zero-order chi connectivity index (χ0) is 35.9. The van der Waals surface area contributed by atoms with Gasteiger partial charge in [0.05, 0.1) is 29.0 Å². The van der Waals surface area contributed by atoms with Crippen molar-refractivity contribution in [2.75, 3.05) is 27.4 Å². The SMILES string of the molecule is C=C(C)N(c1c(C)cc(F)cc1-c1cccc(NC2C[C@@H](C(C)=O)N(c3nc(N)nc4c3cnn4-c3ccc(F)cc3F)C2)n1)C(CC)CC. The molecule has 1 aliphatic heterocycles. The summed E-state index contributed by atoms with van der Waals surface area (Å²) < 4.78 is 44.6. The van der Waals surface area contributed by atoms with E-state index in [1.807, 2.05) is 36.9 Å². The lowest BCUT2D eigenvalue weighted by Crippen LogP contribution is -2.36. The minimum atomic E-state index is -0.820. The number of hydrogen-bond acceptors (Lipinski definition) is 9. The number of fused-ring (bicyclic) bond motifs is 1. The largest absolute Gasteiger partial charge is 0.368 e. The summed E-state index contributed by atoms with van der Waals surface area (Å²) in [6, 6.07) is 11.1. The summed E-state index contributed by atoms with van der Waals surface area (Å²) in [7, 11) is 0. The van der Waals surface area contributed by atoms with Crippen molar-refractivity contribution < 1.29 is 18.0 Å². The summed E-state index contributed by atoms with van der Waals surface area (Å²) in [6.07, 6.45) is 3.68. The summed E-state index contributed by atoms with van der Waals surface area (Å²) in [5.74, 6) is -1.15. The molecule has 0 radical (unpaired) electrons. The van der Waals surface area contributed by atoms with Crippen LogP contribution in [0.25, 0.3) is 28.0 Å². The summed E-state index contributed by atoms with van der Waals surface area (Å²) in [6.45, 7) is 14.2. The van der Waals surface area contributed by atoms with Crippen molar-refractivity contribution in [3.63, 3.8) is 0 Å². The van der Waals surface area contributed by atoms with E-state index in [1.54, 1.807) is 0 Å². The number of nitrogen functional groups attached to an aromatic ring is 1. The molecule has 0 saturated carbocycles. The van der Waals surface area contributed by atoms with Crippen LogP contribution in [0.4, 0.5) is 36.4 Å². The molecule has 2 aromatic carbocycles. The third-order valence-electron chi connectivity index (χ3n) is 9.21. The quantitative estimate of drug-likeness (QED) is 0.147. The number of Topliss-reactive ketones (excluding diaryl/α,β-unsaturated/α-hetero) is 1. The summed E-state index contributed by atoms with van der Waals surface area (Å²) in [5.41, 5.74) is 10.1. The Kier molecular flexibility index (Phi) is 9.50. The van der Waals surface area contributed by atoms with Gasteiger partial charge in [0, 0.05) is 36.0 Å². The molecule has 260 valence electrons. The van der Waals surface area contributed by atoms with Crippen LogP contribution in [0.3, 0.4) is 0 Å². The van der Waals surface area contributed by atoms with Gasteiger partial charge in [0.2, 0.25) is 5.95 Å². The molecule has 2 atom stereocenters. The van der Waals surface area contributed by atoms with Gasteiger partial charge < -0.3 is 20.9 Å². The number of hydrogen-bond donors (Lipinski definition) is 2. The van der Waals surface area contributed by atoms with E-state index in [0.717, 1.165) is 41.9 Å². The number of nitrogens with two attached hydrogens (primary N) is 1. The maximum atomic E-state index is 15.0. The van der Waals surface area contributed by atoms with Gasteiger partial charge in [-0.3, -0.25) is 4.79 Å². The molecule has 13 heteroatoms. The van der Waals surface area contributed by atoms with E-state index < -0.39 is 17.7 Å². The number of rotatable bonds is 11. The zero-order valence-corrected chi connectivity index (χ0v) is 28.7. The van der Waals surface area contributed by atoms with Crippen LogP contribution in [0, 0.1) is 24.4 Å². The average Bonchev–Trinajstić information content (AvgIpc) is 3.68. The van der Waals surface area contributed by atoms with Crippen LogP contribution in [0.2, 0.25) is 0 Å². The highest BCUT2D eigenvalue weighted by Crippen LogP contribution is 2.39. The van der Waals surface area contributed by atoms with E-state index in [1.165, 1.54) is 36.0 Å². The first kappa shape index (κ1) is 34.4. The molecule has 1 unspecified atom stereocenters. The fourth-order valence-electron chi connectivity index (χ4n) is 6.98. The third-order valence-corrected chi connectivity index (χ3v) is 9.21. The first-order valence-electron chi connectivity index (χ1n) is 16.6. The first-order chi connectivity index (χ1) is 23.9. The van der Waals surface area contributed by atoms with E-state index in [4.69, 9.17) is 10.7 Å². The zero-order valence-electron chi connectivity index (χ0n) is 28.7. The highest BCUT2D eigenvalue weighted by atomic mass is 19.1. The van der Waals surface area contributed by atoms with Gasteiger partial charge in [-0.2, -0.15) is 15.1 Å². The fraction of sp³-hybridized carbons (Fsp3) is 0.324. The van der Waals surface area contributed by atoms with Crippen molar-refractivity contribution in [3.05, 3.63) is 90.0 Å². The molecule has 3 N–H and O–H groups in total. The van der Waals surface area contributed by atoms with E-state index in [0.29, 0.717) is 41.2 Å². The molecular weight excluding hydrogens is 643 g/mol. The molecule has 0 amide bonds. The fourth-order valence-corrected chi connectivity index (χ4v) is 6.98. The van der Waals surface area contributed by atoms with Gasteiger partial charge in [0.15, 0.2) is 17.2 Å². The van der Waals surface area contributed by atoms with Crippen LogP contribution in [-0.4, -0.2) is 55.2 Å². The number of anilines is 4. The molecule has 5 aromatic rings. The summed E-state index contributed by atoms with van der Waals surface area (Å²) in [5, 5.41) is 8.24. The Labute approximate surface area is 288 Å². The molecule has 1 saturated heterocycles. The number of aromatic nitrogens is 5. The smallest absolute Gasteiger partial charge is 0.224 e. The Morgan fingerprint density at radius 3 is 2.50 bits per heavy atom. The van der Waals surface area contributed by atoms with Crippen molar-refractivity contribution in [2.45, 2.75) is 72.0 Å². The van der Waals surface area contributed by atoms with Gasteiger partial charge >= 0.3 is 0 Å². The maximum Gasteiger partial charge on any atom is 0.224 e. The minimum absolute atomic E-state index is 0.0107. The Hall–Kier alpha value is -5.46. The van der Waals surface area contributed by atoms with Gasteiger partial charge in [-0.25, -0.2) is 22.8 Å². The number of nitrogens with zero attached hydrogens (tertiary/aromatic N) is 7. The molecular formula is C37H40F3N9O. The van der Waals surface area contributed by atoms with Crippen LogP contribution >= 0.6 is 0 Å². The Morgan fingerprint density at radius 2 is 1.82 bits per heavy atom. The van der Waals surface area contributed by atoms with E-state index in [2.05, 4.69) is 45.7 Å². The lowest BCUT2D eigenvalue weighted by Gasteiger charge is -2.35. The summed E-state index contributed by atoms with van der Waals surface area (Å²) in [4.78, 5) is 30.7. The molecule has 10 nitrogen and oxygen atoms in total. The topological polar surface area (TPSA) is 118 Å². The third kappa shape index (κ3) is 6.47. The number of carbonyl (C=O) groups is 1. The number of halogens is 3. The van der Waals surface area contributed by atoms with Gasteiger partial charge in [0.25, 0.3) is 0 Å². The normalized spacial score (nSPS) is 16.0. The molecule has 4 heterocycles. The van der Waals surface area contributed by atoms with Crippen molar-refractivity contribution >= 4 is 40.1 Å². The second-order valence-electron chi connectivity index (χ2n) is 12.8. The first-order valence-corrected chi connectivity index (χ1v) is 16.6. The van der Waals surface area contributed by atoms with E-state index in [9.17, 15) is 18.0 Å². The minimum Gasteiger partial charge on any atom is -0.368 e. The van der Waals surface area contributed by atoms with Gasteiger partial charge in [-0.1, -0.05) is 26.5 Å². The molecule has 3 aromatic heterocycles. The standard InChI is InChI=1S/C37H40F3N9O/c1-7-26(8-2)48(20(3)4)34-21(5)14-24(39)15-27(34)30-10-9-11-33(44-30)43-25-17-32(22(6)50)47(19-25)35-28-18-42-49(36(28)46-37(41)45-35)31-13-12-23(38)16-29(31)40/h9-16,18,25-26,32H,3,7-8,17,19H2,1-2,4-6H3,(H,43,44)(H2,41,45,46)/t25?,32-/m0/s1. The van der Waals surface area contributed by atoms with Crippen LogP contribution < -0.4 is 20.9 Å². The van der Waals surface area contributed by atoms with Gasteiger partial charge in [0.1, 0.15) is 29.0 Å². The second-order valence-corrected chi connectivity index (χ2v) is 12.8. The highest BCUT2D eigenvalue weighted by molar-refractivity contribution is 5.93. The Morgan fingerprint density at radius 1 is 1.06 bits per heavy atom. The Balaban J connectivity index is 1.34. The number of aryl methyl sites for hydroxylation is 1. The van der Waals surface area contributed by atoms with Gasteiger partial charge in [-0.15, -0.1) is 0 Å². The summed E-state index contributed by atoms with van der Waals surface area (Å²) >= 11 is 0. The molecule has 1 aliphatic rings. The lowest BCUT2D eigenvalue weighted by atomic mass is 9.99. The molecule has 1 fully saturated rings. The number of nitrogens with one attached hydrogen (secondary N) is 1. The number of ketones is 1. The molecule has 0 aliphatic carbocycles. The molecule has 6 rings (SSSR count). The predicted octanol–water partition coefficient (Wildman–Crippen LogP) is 7.36. The van der Waals surface area contributed by atoms with Crippen LogP contribution in [0.5, 0.6) is 0 Å². The van der Waals surface area contributed by atoms with Crippen LogP contribution in [0.1, 0.15) is 52.5 Å². The average molecular weight is 684 g/mol. The maximum absolute atomic E-state index is 15.0. The van der Waals surface area contributed by atoms with Crippen LogP contribution in [-0.2, 0) is 4.79 Å². The highest BCUT2D eigenvalue weighted by Gasteiger charge is 2.37. The molecule has 50 heavy (non-hydrogen) atoms. The Bertz CT molecular complexity index is 2090. The predicted molar refractivity (Wildman–Crippen MR) is 191 cm³/mol. The number of carbonyl (C=O) groups excluding carboxylic acids is 1. The van der Waals surface area contributed by atoms with E-state index >= 15 is 0 Å². The van der Waals surface area contributed by atoms with Crippen LogP contribution in [0.15, 0.2) is 67.0 Å². The van der Waals surface area contributed by atoms with Crippen molar-refractivity contribution in [2.24, 2.45) is 0 Å². The van der Waals surface area contributed by atoms with Gasteiger partial charge in [-0.05, 0) is 82.0 Å². The number of pyridine rings is 1. The lowest BCUT2D eigenvalue weighted by molar-refractivity contribution is -0.118. The molecule has 0 spiro atoms. The van der Waals surface area contributed by atoms with Crippen molar-refractivity contribution in [3.8, 4) is 16.9 Å². The van der Waals surface area contributed by atoms with Crippen molar-refractivity contribution in [1.82, 2.24) is 24.7 Å². The number of allylic oxidation sites excluding steroid dienone is 1. The second kappa shape index (κ2) is 13.8.